The molecule has 18 heavy (non-hydrogen) atoms. The van der Waals surface area contributed by atoms with Gasteiger partial charge in [-0.05, 0) is 53.4 Å². The molecule has 0 bridgehead atoms. The van der Waals surface area contributed by atoms with Crippen molar-refractivity contribution in [1.82, 2.24) is 0 Å². The predicted molar refractivity (Wildman–Crippen MR) is 63.7 cm³/mol. The van der Waals surface area contributed by atoms with E-state index < -0.39 is 22.7 Å². The second kappa shape index (κ2) is 4.96. The van der Waals surface area contributed by atoms with E-state index in [1.165, 1.54) is 24.3 Å². The predicted octanol–water partition coefficient (Wildman–Crippen LogP) is 3.18. The third kappa shape index (κ3) is 2.47. The van der Waals surface area contributed by atoms with Crippen molar-refractivity contribution in [3.63, 3.8) is 0 Å². The molecule has 0 heterocycles. The molecule has 0 radical (unpaired) electrons. The molecule has 0 aliphatic rings. The van der Waals surface area contributed by atoms with Crippen LogP contribution in [0.3, 0.4) is 0 Å². The Bertz CT molecular complexity index is 626. The van der Waals surface area contributed by atoms with Crippen molar-refractivity contribution in [2.45, 2.75) is 11.8 Å². The summed E-state index contributed by atoms with van der Waals surface area (Å²) in [6, 6.07) is 7.64. The Hall–Kier alpha value is -1.59. The van der Waals surface area contributed by atoms with Gasteiger partial charge in [0, 0.05) is 16.5 Å². The summed E-state index contributed by atoms with van der Waals surface area (Å²) in [7, 11) is 0. The van der Waals surface area contributed by atoms with Crippen LogP contribution in [0.15, 0.2) is 41.3 Å². The highest BCUT2D eigenvalue weighted by molar-refractivity contribution is 7.79. The quantitative estimate of drug-likeness (QED) is 0.784. The fourth-order valence-corrected chi connectivity index (χ4v) is 2.20. The summed E-state index contributed by atoms with van der Waals surface area (Å²) in [6.07, 6.45) is 0. The van der Waals surface area contributed by atoms with Crippen molar-refractivity contribution in [3.8, 4) is 11.1 Å². The molecule has 1 atom stereocenters. The highest BCUT2D eigenvalue weighted by atomic mass is 32.2. The highest BCUT2D eigenvalue weighted by Crippen LogP contribution is 2.27. The maximum Gasteiger partial charge on any atom is 0.133 e. The molecule has 0 amide bonds. The Balaban J connectivity index is 2.54. The zero-order valence-corrected chi connectivity index (χ0v) is 10.3. The zero-order valence-electron chi connectivity index (χ0n) is 9.44. The standard InChI is InChI=1S/C13H10F2O2S/c1-8-6-10(18(16)17)3-5-11(8)12-4-2-9(14)7-13(12)15/h2-7H,1H3,(H,16,17)/p-1. The van der Waals surface area contributed by atoms with Gasteiger partial charge in [0.05, 0.1) is 0 Å². The van der Waals surface area contributed by atoms with Gasteiger partial charge < -0.3 is 4.55 Å². The Morgan fingerprint density at radius 3 is 2.28 bits per heavy atom. The second-order valence-corrected chi connectivity index (χ2v) is 4.78. The van der Waals surface area contributed by atoms with E-state index in [1.807, 2.05) is 0 Å². The van der Waals surface area contributed by atoms with Gasteiger partial charge in [-0.2, -0.15) is 0 Å². The van der Waals surface area contributed by atoms with Crippen LogP contribution < -0.4 is 0 Å². The molecule has 0 saturated carbocycles. The summed E-state index contributed by atoms with van der Waals surface area (Å²) in [5, 5.41) is 0. The van der Waals surface area contributed by atoms with Gasteiger partial charge >= 0.3 is 0 Å². The molecule has 2 aromatic carbocycles. The third-order valence-electron chi connectivity index (χ3n) is 2.61. The lowest BCUT2D eigenvalue weighted by Crippen LogP contribution is -1.93. The molecule has 0 aliphatic carbocycles. The Morgan fingerprint density at radius 2 is 1.72 bits per heavy atom. The fourth-order valence-electron chi connectivity index (χ4n) is 1.75. The average Bonchev–Trinajstić information content (AvgIpc) is 2.30. The summed E-state index contributed by atoms with van der Waals surface area (Å²) < 4.78 is 48.0. The largest absolute Gasteiger partial charge is 0.768 e. The zero-order chi connectivity index (χ0) is 13.3. The van der Waals surface area contributed by atoms with E-state index in [1.54, 1.807) is 6.92 Å². The summed E-state index contributed by atoms with van der Waals surface area (Å²) >= 11 is -2.32. The molecule has 0 aliphatic heterocycles. The van der Waals surface area contributed by atoms with Crippen LogP contribution in [0.5, 0.6) is 0 Å². The van der Waals surface area contributed by atoms with Crippen LogP contribution in [0.1, 0.15) is 5.56 Å². The maximum absolute atomic E-state index is 13.6. The summed E-state index contributed by atoms with van der Waals surface area (Å²) in [5.41, 5.74) is 1.40. The van der Waals surface area contributed by atoms with E-state index in [9.17, 15) is 17.5 Å². The van der Waals surface area contributed by atoms with E-state index in [0.29, 0.717) is 11.1 Å². The fraction of sp³-hybridized carbons (Fsp3) is 0.0769. The number of halogens is 2. The molecular weight excluding hydrogens is 258 g/mol. The highest BCUT2D eigenvalue weighted by Gasteiger charge is 2.09. The van der Waals surface area contributed by atoms with Gasteiger partial charge in [-0.3, -0.25) is 4.21 Å². The van der Waals surface area contributed by atoms with Gasteiger partial charge in [0.2, 0.25) is 0 Å². The number of rotatable bonds is 2. The minimum atomic E-state index is -2.32. The van der Waals surface area contributed by atoms with Crippen LogP contribution >= 0.6 is 0 Å². The van der Waals surface area contributed by atoms with Gasteiger partial charge in [-0.25, -0.2) is 8.78 Å². The summed E-state index contributed by atoms with van der Waals surface area (Å²) in [5.74, 6) is -1.32. The van der Waals surface area contributed by atoms with E-state index in [0.717, 1.165) is 12.1 Å². The molecular formula is C13H9F2O2S-. The first-order valence-corrected chi connectivity index (χ1v) is 6.22. The maximum atomic E-state index is 13.6. The molecule has 0 saturated heterocycles. The van der Waals surface area contributed by atoms with Crippen LogP contribution in [0.4, 0.5) is 8.78 Å². The summed E-state index contributed by atoms with van der Waals surface area (Å²) in [4.78, 5) is 0.138. The normalized spacial score (nSPS) is 12.4. The van der Waals surface area contributed by atoms with Crippen molar-refractivity contribution in [1.29, 1.82) is 0 Å². The molecule has 94 valence electrons. The van der Waals surface area contributed by atoms with E-state index in [-0.39, 0.29) is 10.5 Å². The minimum absolute atomic E-state index is 0.138. The molecule has 2 nitrogen and oxygen atoms in total. The Labute approximate surface area is 106 Å². The molecule has 2 aromatic rings. The number of hydrogen-bond donors (Lipinski definition) is 0. The Kier molecular flexibility index (Phi) is 3.54. The van der Waals surface area contributed by atoms with Crippen LogP contribution in [-0.2, 0) is 11.1 Å². The molecule has 2 rings (SSSR count). The minimum Gasteiger partial charge on any atom is -0.768 e. The van der Waals surface area contributed by atoms with Crippen molar-refractivity contribution >= 4 is 11.1 Å². The van der Waals surface area contributed by atoms with Gasteiger partial charge in [0.25, 0.3) is 0 Å². The van der Waals surface area contributed by atoms with Crippen LogP contribution in [0, 0.1) is 18.6 Å². The lowest BCUT2D eigenvalue weighted by atomic mass is 10.0. The summed E-state index contributed by atoms with van der Waals surface area (Å²) in [6.45, 7) is 1.68. The van der Waals surface area contributed by atoms with Gasteiger partial charge in [-0.1, -0.05) is 6.07 Å². The monoisotopic (exact) mass is 267 g/mol. The van der Waals surface area contributed by atoms with E-state index >= 15 is 0 Å². The smallest absolute Gasteiger partial charge is 0.133 e. The van der Waals surface area contributed by atoms with Crippen molar-refractivity contribution in [2.75, 3.05) is 0 Å². The second-order valence-electron chi connectivity index (χ2n) is 3.84. The van der Waals surface area contributed by atoms with Crippen LogP contribution in [0.2, 0.25) is 0 Å². The first-order chi connectivity index (χ1) is 8.49. The lowest BCUT2D eigenvalue weighted by Gasteiger charge is -2.11. The molecule has 1 unspecified atom stereocenters. The first kappa shape index (κ1) is 12.9. The third-order valence-corrected chi connectivity index (χ3v) is 3.25. The number of hydrogen-bond acceptors (Lipinski definition) is 2. The Morgan fingerprint density at radius 1 is 1.06 bits per heavy atom. The number of benzene rings is 2. The SMILES string of the molecule is Cc1cc(S(=O)[O-])ccc1-c1ccc(F)cc1F. The molecule has 0 N–H and O–H groups in total. The van der Waals surface area contributed by atoms with Crippen LogP contribution in [0.25, 0.3) is 11.1 Å². The van der Waals surface area contributed by atoms with Crippen molar-refractivity contribution < 1.29 is 17.5 Å². The van der Waals surface area contributed by atoms with Gasteiger partial charge in [0.1, 0.15) is 11.6 Å². The topological polar surface area (TPSA) is 40.1 Å². The van der Waals surface area contributed by atoms with Crippen molar-refractivity contribution in [3.05, 3.63) is 53.6 Å². The molecule has 0 fully saturated rings. The molecule has 0 aromatic heterocycles. The first-order valence-electron chi connectivity index (χ1n) is 5.14. The average molecular weight is 267 g/mol. The lowest BCUT2D eigenvalue weighted by molar-refractivity contribution is 0.537. The van der Waals surface area contributed by atoms with Crippen molar-refractivity contribution in [2.24, 2.45) is 0 Å². The molecule has 5 heteroatoms. The van der Waals surface area contributed by atoms with E-state index in [4.69, 9.17) is 0 Å². The van der Waals surface area contributed by atoms with Gasteiger partial charge in [0.15, 0.2) is 0 Å². The van der Waals surface area contributed by atoms with Crippen LogP contribution in [-0.4, -0.2) is 8.76 Å². The van der Waals surface area contributed by atoms with Gasteiger partial charge in [-0.15, -0.1) is 0 Å². The van der Waals surface area contributed by atoms with E-state index in [2.05, 4.69) is 0 Å². The number of aryl methyl sites for hydroxylation is 1. The molecule has 0 spiro atoms.